The third-order valence-corrected chi connectivity index (χ3v) is 2.83. The number of aryl methyl sites for hydroxylation is 1. The van der Waals surface area contributed by atoms with Gasteiger partial charge >= 0.3 is 6.03 Å². The van der Waals surface area contributed by atoms with Crippen molar-refractivity contribution < 1.29 is 14.4 Å². The van der Waals surface area contributed by atoms with Crippen LogP contribution in [0.5, 0.6) is 0 Å². The van der Waals surface area contributed by atoms with Crippen LogP contribution in [0.1, 0.15) is 24.0 Å². The fourth-order valence-electron chi connectivity index (χ4n) is 2.11. The van der Waals surface area contributed by atoms with Crippen molar-refractivity contribution in [2.75, 3.05) is 4.90 Å². The molecule has 0 aliphatic carbocycles. The number of hydrogen-bond donors (Lipinski definition) is 1. The maximum Gasteiger partial charge on any atom is 0.326 e. The number of primary amides is 1. The van der Waals surface area contributed by atoms with Gasteiger partial charge in [0.1, 0.15) is 11.7 Å². The van der Waals surface area contributed by atoms with Gasteiger partial charge in [-0.1, -0.05) is 17.7 Å². The summed E-state index contributed by atoms with van der Waals surface area (Å²) in [5.41, 5.74) is 7.05. The molecule has 1 atom stereocenters. The van der Waals surface area contributed by atoms with E-state index in [1.807, 2.05) is 6.92 Å². The Bertz CT molecular complexity index is 537. The molecule has 0 spiro atoms. The number of nitrogens with two attached hydrogens (primary N) is 1. The number of urea groups is 1. The number of rotatable bonds is 1. The van der Waals surface area contributed by atoms with Crippen molar-refractivity contribution in [1.82, 2.24) is 0 Å². The zero-order chi connectivity index (χ0) is 12.7. The monoisotopic (exact) mass is 232 g/mol. The van der Waals surface area contributed by atoms with Crippen LogP contribution in [-0.4, -0.2) is 17.7 Å². The molecule has 17 heavy (non-hydrogen) atoms. The Labute approximate surface area is 98.2 Å². The highest BCUT2D eigenvalue weighted by molar-refractivity contribution is 6.26. The number of imide groups is 1. The zero-order valence-electron chi connectivity index (χ0n) is 9.56. The van der Waals surface area contributed by atoms with Crippen LogP contribution in [0.25, 0.3) is 0 Å². The Morgan fingerprint density at radius 1 is 1.35 bits per heavy atom. The molecule has 0 aromatic heterocycles. The van der Waals surface area contributed by atoms with E-state index in [1.54, 1.807) is 18.2 Å². The smallest absolute Gasteiger partial charge is 0.326 e. The van der Waals surface area contributed by atoms with E-state index in [0.717, 1.165) is 10.5 Å². The lowest BCUT2D eigenvalue weighted by molar-refractivity contribution is -0.126. The van der Waals surface area contributed by atoms with E-state index in [2.05, 4.69) is 0 Å². The number of amides is 3. The number of anilines is 1. The molecule has 5 nitrogen and oxygen atoms in total. The van der Waals surface area contributed by atoms with E-state index < -0.39 is 17.9 Å². The molecule has 1 aliphatic heterocycles. The highest BCUT2D eigenvalue weighted by Gasteiger charge is 2.42. The Kier molecular flexibility index (Phi) is 2.46. The first-order valence-corrected chi connectivity index (χ1v) is 5.18. The van der Waals surface area contributed by atoms with E-state index in [9.17, 15) is 14.4 Å². The summed E-state index contributed by atoms with van der Waals surface area (Å²) < 4.78 is 0. The Morgan fingerprint density at radius 2 is 2.00 bits per heavy atom. The Morgan fingerprint density at radius 3 is 2.53 bits per heavy atom. The predicted molar refractivity (Wildman–Crippen MR) is 61.7 cm³/mol. The highest BCUT2D eigenvalue weighted by Crippen LogP contribution is 2.38. The van der Waals surface area contributed by atoms with Gasteiger partial charge in [-0.15, -0.1) is 0 Å². The lowest BCUT2D eigenvalue weighted by Gasteiger charge is -2.11. The molecule has 1 unspecified atom stereocenters. The summed E-state index contributed by atoms with van der Waals surface area (Å²) in [4.78, 5) is 35.6. The molecule has 2 N–H and O–H groups in total. The van der Waals surface area contributed by atoms with Gasteiger partial charge in [-0.2, -0.15) is 0 Å². The van der Waals surface area contributed by atoms with Crippen LogP contribution in [0.3, 0.4) is 0 Å². The average Bonchev–Trinajstić information content (AvgIpc) is 2.48. The molecule has 0 radical (unpaired) electrons. The Hall–Kier alpha value is -2.17. The van der Waals surface area contributed by atoms with Crippen LogP contribution >= 0.6 is 0 Å². The van der Waals surface area contributed by atoms with Crippen molar-refractivity contribution in [2.45, 2.75) is 19.8 Å². The largest absolute Gasteiger partial charge is 0.351 e. The van der Waals surface area contributed by atoms with Crippen molar-refractivity contribution in [3.8, 4) is 0 Å². The first-order valence-electron chi connectivity index (χ1n) is 5.18. The maximum absolute atomic E-state index is 12.0. The number of carbonyl (C=O) groups is 3. The van der Waals surface area contributed by atoms with Gasteiger partial charge in [-0.25, -0.2) is 9.69 Å². The van der Waals surface area contributed by atoms with Crippen LogP contribution in [-0.2, 0) is 9.59 Å². The number of benzene rings is 1. The molecule has 0 bridgehead atoms. The minimum Gasteiger partial charge on any atom is -0.351 e. The standard InChI is InChI=1S/C12H12N2O3/c1-6-3-4-9-8(5-6)10(7(2)15)11(16)14(9)12(13)17/h3-5,10H,1-2H3,(H2,13,17). The first kappa shape index (κ1) is 11.3. The van der Waals surface area contributed by atoms with Crippen molar-refractivity contribution in [1.29, 1.82) is 0 Å². The molecule has 1 aliphatic rings. The number of carbonyl (C=O) groups excluding carboxylic acids is 3. The number of hydrogen-bond acceptors (Lipinski definition) is 3. The van der Waals surface area contributed by atoms with Gasteiger partial charge in [0, 0.05) is 0 Å². The van der Waals surface area contributed by atoms with Gasteiger partial charge in [0.2, 0.25) is 5.91 Å². The minimum absolute atomic E-state index is 0.286. The summed E-state index contributed by atoms with van der Waals surface area (Å²) in [5, 5.41) is 0. The van der Waals surface area contributed by atoms with Gasteiger partial charge in [-0.3, -0.25) is 9.59 Å². The van der Waals surface area contributed by atoms with Gasteiger partial charge in [0.15, 0.2) is 0 Å². The van der Waals surface area contributed by atoms with E-state index in [0.29, 0.717) is 11.3 Å². The molecule has 88 valence electrons. The van der Waals surface area contributed by atoms with Crippen LogP contribution < -0.4 is 10.6 Å². The second kappa shape index (κ2) is 3.69. The summed E-state index contributed by atoms with van der Waals surface area (Å²) in [6.45, 7) is 3.19. The highest BCUT2D eigenvalue weighted by atomic mass is 16.2. The summed E-state index contributed by atoms with van der Waals surface area (Å²) in [5.74, 6) is -1.76. The lowest BCUT2D eigenvalue weighted by Crippen LogP contribution is -2.40. The van der Waals surface area contributed by atoms with Crippen molar-refractivity contribution in [3.05, 3.63) is 29.3 Å². The number of ketones is 1. The minimum atomic E-state index is -0.905. The molecule has 3 amide bonds. The molecule has 1 heterocycles. The van der Waals surface area contributed by atoms with Crippen LogP contribution in [0.2, 0.25) is 0 Å². The fraction of sp³-hybridized carbons (Fsp3) is 0.250. The number of fused-ring (bicyclic) bond motifs is 1. The van der Waals surface area contributed by atoms with Gasteiger partial charge in [-0.05, 0) is 25.5 Å². The number of Topliss-reactive ketones (excluding diaryl/α,β-unsaturated/α-hetero) is 1. The quantitative estimate of drug-likeness (QED) is 0.736. The van der Waals surface area contributed by atoms with Crippen LogP contribution in [0.4, 0.5) is 10.5 Å². The van der Waals surface area contributed by atoms with Crippen LogP contribution in [0.15, 0.2) is 18.2 Å². The zero-order valence-corrected chi connectivity index (χ0v) is 9.56. The van der Waals surface area contributed by atoms with E-state index in [-0.39, 0.29) is 5.78 Å². The third-order valence-electron chi connectivity index (χ3n) is 2.83. The van der Waals surface area contributed by atoms with Crippen molar-refractivity contribution in [2.24, 2.45) is 5.73 Å². The predicted octanol–water partition coefficient (Wildman–Crippen LogP) is 1.09. The molecule has 0 saturated carbocycles. The molecular formula is C12H12N2O3. The fourth-order valence-corrected chi connectivity index (χ4v) is 2.11. The lowest BCUT2D eigenvalue weighted by atomic mass is 9.96. The maximum atomic E-state index is 12.0. The summed E-state index contributed by atoms with van der Waals surface area (Å²) in [6.07, 6.45) is 0. The third kappa shape index (κ3) is 1.60. The van der Waals surface area contributed by atoms with Crippen LogP contribution in [0, 0.1) is 6.92 Å². The second-order valence-electron chi connectivity index (χ2n) is 4.12. The number of nitrogens with zero attached hydrogens (tertiary/aromatic N) is 1. The molecular weight excluding hydrogens is 220 g/mol. The van der Waals surface area contributed by atoms with E-state index >= 15 is 0 Å². The van der Waals surface area contributed by atoms with Crippen molar-refractivity contribution >= 4 is 23.4 Å². The van der Waals surface area contributed by atoms with Gasteiger partial charge < -0.3 is 5.73 Å². The SMILES string of the molecule is CC(=O)C1C(=O)N(C(N)=O)c2ccc(C)cc21. The molecule has 2 rings (SSSR count). The van der Waals surface area contributed by atoms with Gasteiger partial charge in [0.25, 0.3) is 0 Å². The van der Waals surface area contributed by atoms with Crippen molar-refractivity contribution in [3.63, 3.8) is 0 Å². The molecule has 1 aromatic carbocycles. The average molecular weight is 232 g/mol. The summed E-state index contributed by atoms with van der Waals surface area (Å²) in [6, 6.07) is 4.28. The summed E-state index contributed by atoms with van der Waals surface area (Å²) in [7, 11) is 0. The van der Waals surface area contributed by atoms with Gasteiger partial charge in [0.05, 0.1) is 5.69 Å². The molecule has 1 aromatic rings. The Balaban J connectivity index is 2.65. The molecule has 0 saturated heterocycles. The molecule has 5 heteroatoms. The van der Waals surface area contributed by atoms with E-state index in [1.165, 1.54) is 6.92 Å². The topological polar surface area (TPSA) is 80.5 Å². The summed E-state index contributed by atoms with van der Waals surface area (Å²) >= 11 is 0. The molecule has 0 fully saturated rings. The van der Waals surface area contributed by atoms with E-state index in [4.69, 9.17) is 5.73 Å². The normalized spacial score (nSPS) is 18.1. The first-order chi connectivity index (χ1) is 7.93. The second-order valence-corrected chi connectivity index (χ2v) is 4.12.